The topological polar surface area (TPSA) is 55.8 Å². The van der Waals surface area contributed by atoms with Crippen LogP contribution in [0.15, 0.2) is 89.3 Å². The van der Waals surface area contributed by atoms with Gasteiger partial charge in [0, 0.05) is 47.8 Å². The molecular formula is C39H41Cl2NO4. The minimum absolute atomic E-state index is 0.115. The molecule has 3 aliphatic rings. The molecular weight excluding hydrogens is 617 g/mol. The molecule has 0 saturated heterocycles. The fourth-order valence-electron chi connectivity index (χ4n) is 7.31. The van der Waals surface area contributed by atoms with E-state index >= 15 is 0 Å². The zero-order chi connectivity index (χ0) is 32.8. The van der Waals surface area contributed by atoms with Gasteiger partial charge in [-0.25, -0.2) is 0 Å². The number of Topliss-reactive ketones (excluding diaryl/α,β-unsaturated/α-hetero) is 2. The van der Waals surface area contributed by atoms with Crippen LogP contribution in [0.5, 0.6) is 11.5 Å². The fourth-order valence-corrected chi connectivity index (χ4v) is 7.63. The van der Waals surface area contributed by atoms with E-state index in [1.807, 2.05) is 30.3 Å². The standard InChI is InChI=1S/C39H41Cl2NO4/c1-38(2)19-29-36(31(43)21-38)35(26-12-14-33(34(18-26)45-5)46-23-25-11-13-27(40)28(41)17-25)37-30(20-39(3,4)22-32(37)44)42(29)16-15-24-9-7-6-8-10-24/h6-14,17-18,35H,15-16,19-23H2,1-5H3. The molecule has 0 aromatic heterocycles. The van der Waals surface area contributed by atoms with Gasteiger partial charge in [-0.3, -0.25) is 9.59 Å². The van der Waals surface area contributed by atoms with E-state index in [0.29, 0.717) is 40.9 Å². The van der Waals surface area contributed by atoms with Gasteiger partial charge in [0.15, 0.2) is 23.1 Å². The number of benzene rings is 3. The minimum atomic E-state index is -0.455. The summed E-state index contributed by atoms with van der Waals surface area (Å²) in [7, 11) is 1.61. The van der Waals surface area contributed by atoms with Crippen molar-refractivity contribution in [3.05, 3.63) is 116 Å². The third-order valence-corrected chi connectivity index (χ3v) is 10.1. The van der Waals surface area contributed by atoms with Crippen molar-refractivity contribution in [2.45, 2.75) is 72.3 Å². The maximum absolute atomic E-state index is 14.2. The highest BCUT2D eigenvalue weighted by molar-refractivity contribution is 6.42. The van der Waals surface area contributed by atoms with Gasteiger partial charge >= 0.3 is 0 Å². The number of methoxy groups -OCH3 is 1. The number of carbonyl (C=O) groups is 2. The van der Waals surface area contributed by atoms with Crippen molar-refractivity contribution >= 4 is 34.8 Å². The number of carbonyl (C=O) groups excluding carboxylic acids is 2. The molecule has 0 radical (unpaired) electrons. The molecule has 0 N–H and O–H groups in total. The van der Waals surface area contributed by atoms with Crippen LogP contribution in [0, 0.1) is 10.8 Å². The zero-order valence-corrected chi connectivity index (χ0v) is 28.7. The van der Waals surface area contributed by atoms with Gasteiger partial charge in [-0.15, -0.1) is 0 Å². The highest BCUT2D eigenvalue weighted by Gasteiger charge is 2.49. The normalized spacial score (nSPS) is 19.2. The first-order chi connectivity index (χ1) is 21.9. The smallest absolute Gasteiger partial charge is 0.162 e. The Kier molecular flexibility index (Phi) is 8.86. The molecule has 6 rings (SSSR count). The molecule has 240 valence electrons. The Hall–Kier alpha value is -3.54. The summed E-state index contributed by atoms with van der Waals surface area (Å²) in [6.45, 7) is 9.66. The van der Waals surface area contributed by atoms with Crippen LogP contribution in [0.4, 0.5) is 0 Å². The molecule has 5 nitrogen and oxygen atoms in total. The van der Waals surface area contributed by atoms with E-state index in [4.69, 9.17) is 32.7 Å². The van der Waals surface area contributed by atoms with Gasteiger partial charge in [-0.2, -0.15) is 0 Å². The Morgan fingerprint density at radius 2 is 1.37 bits per heavy atom. The molecule has 3 aromatic carbocycles. The second kappa shape index (κ2) is 12.6. The van der Waals surface area contributed by atoms with Crippen molar-refractivity contribution in [2.75, 3.05) is 13.7 Å². The van der Waals surface area contributed by atoms with Gasteiger partial charge in [0.05, 0.1) is 17.2 Å². The van der Waals surface area contributed by atoms with Crippen LogP contribution in [-0.4, -0.2) is 30.1 Å². The summed E-state index contributed by atoms with van der Waals surface area (Å²) in [5, 5.41) is 0.955. The Balaban J connectivity index is 1.43. The number of hydrogen-bond donors (Lipinski definition) is 0. The molecule has 46 heavy (non-hydrogen) atoms. The van der Waals surface area contributed by atoms with Gasteiger partial charge in [0.1, 0.15) is 6.61 Å². The van der Waals surface area contributed by atoms with Gasteiger partial charge in [-0.1, -0.05) is 93.4 Å². The Morgan fingerprint density at radius 3 is 1.96 bits per heavy atom. The number of rotatable bonds is 8. The number of nitrogens with zero attached hydrogens (tertiary/aromatic N) is 1. The fraction of sp³-hybridized carbons (Fsp3) is 0.385. The summed E-state index contributed by atoms with van der Waals surface area (Å²) in [4.78, 5) is 30.7. The molecule has 0 bridgehead atoms. The predicted molar refractivity (Wildman–Crippen MR) is 183 cm³/mol. The van der Waals surface area contributed by atoms with Crippen LogP contribution < -0.4 is 9.47 Å². The lowest BCUT2D eigenvalue weighted by Gasteiger charge is -2.49. The second-order valence-corrected chi connectivity index (χ2v) is 15.2. The molecule has 0 amide bonds. The molecule has 0 atom stereocenters. The maximum Gasteiger partial charge on any atom is 0.162 e. The van der Waals surface area contributed by atoms with E-state index in [9.17, 15) is 9.59 Å². The lowest BCUT2D eigenvalue weighted by molar-refractivity contribution is -0.119. The number of hydrogen-bond acceptors (Lipinski definition) is 5. The van der Waals surface area contributed by atoms with Crippen LogP contribution in [0.25, 0.3) is 0 Å². The van der Waals surface area contributed by atoms with Crippen molar-refractivity contribution < 1.29 is 19.1 Å². The monoisotopic (exact) mass is 657 g/mol. The Labute approximate surface area is 282 Å². The Bertz CT molecular complexity index is 1700. The molecule has 2 aliphatic carbocycles. The van der Waals surface area contributed by atoms with Gasteiger partial charge in [0.2, 0.25) is 0 Å². The van der Waals surface area contributed by atoms with Gasteiger partial charge < -0.3 is 14.4 Å². The minimum Gasteiger partial charge on any atom is -0.493 e. The van der Waals surface area contributed by atoms with Crippen LogP contribution in [0.1, 0.15) is 76.0 Å². The first kappa shape index (κ1) is 32.4. The second-order valence-electron chi connectivity index (χ2n) is 14.4. The molecule has 3 aromatic rings. The average Bonchev–Trinajstić information content (AvgIpc) is 2.99. The molecule has 1 heterocycles. The molecule has 0 spiro atoms. The van der Waals surface area contributed by atoms with E-state index in [1.165, 1.54) is 5.56 Å². The van der Waals surface area contributed by atoms with Crippen LogP contribution in [0.2, 0.25) is 10.0 Å². The molecule has 7 heteroatoms. The van der Waals surface area contributed by atoms with E-state index in [2.05, 4.69) is 56.9 Å². The van der Waals surface area contributed by atoms with E-state index < -0.39 is 5.92 Å². The van der Waals surface area contributed by atoms with Crippen molar-refractivity contribution in [1.82, 2.24) is 4.90 Å². The van der Waals surface area contributed by atoms with Crippen LogP contribution in [0.3, 0.4) is 0 Å². The number of allylic oxidation sites excluding steroid dienone is 4. The van der Waals surface area contributed by atoms with Crippen molar-refractivity contribution in [3.8, 4) is 11.5 Å². The lowest BCUT2D eigenvalue weighted by Crippen LogP contribution is -2.45. The largest absolute Gasteiger partial charge is 0.493 e. The average molecular weight is 659 g/mol. The molecule has 0 unspecified atom stereocenters. The Morgan fingerprint density at radius 1 is 0.739 bits per heavy atom. The summed E-state index contributed by atoms with van der Waals surface area (Å²) >= 11 is 12.3. The van der Waals surface area contributed by atoms with E-state index in [0.717, 1.165) is 52.9 Å². The molecule has 0 saturated carbocycles. The van der Waals surface area contributed by atoms with Crippen molar-refractivity contribution in [2.24, 2.45) is 10.8 Å². The van der Waals surface area contributed by atoms with Gasteiger partial charge in [0.25, 0.3) is 0 Å². The van der Waals surface area contributed by atoms with Crippen LogP contribution in [-0.2, 0) is 22.6 Å². The highest BCUT2D eigenvalue weighted by atomic mass is 35.5. The number of ketones is 2. The predicted octanol–water partition coefficient (Wildman–Crippen LogP) is 9.51. The summed E-state index contributed by atoms with van der Waals surface area (Å²) in [5.74, 6) is 0.880. The SMILES string of the molecule is COc1cc(C2C3=C(CC(C)(C)CC3=O)N(CCc3ccccc3)C3=C2C(=O)CC(C)(C)C3)ccc1OCc1ccc(Cl)c(Cl)c1. The first-order valence-electron chi connectivity index (χ1n) is 15.9. The quantitative estimate of drug-likeness (QED) is 0.241. The number of halogens is 2. The molecule has 1 aliphatic heterocycles. The third-order valence-electron chi connectivity index (χ3n) is 9.39. The highest BCUT2D eigenvalue weighted by Crippen LogP contribution is 2.55. The summed E-state index contributed by atoms with van der Waals surface area (Å²) in [6.07, 6.45) is 3.25. The van der Waals surface area contributed by atoms with E-state index in [1.54, 1.807) is 19.2 Å². The summed E-state index contributed by atoms with van der Waals surface area (Å²) < 4.78 is 12.0. The summed E-state index contributed by atoms with van der Waals surface area (Å²) in [6, 6.07) is 21.6. The first-order valence-corrected chi connectivity index (χ1v) is 16.7. The van der Waals surface area contributed by atoms with E-state index in [-0.39, 0.29) is 29.0 Å². The van der Waals surface area contributed by atoms with Crippen molar-refractivity contribution in [3.63, 3.8) is 0 Å². The number of ether oxygens (including phenoxy) is 2. The lowest BCUT2D eigenvalue weighted by atomic mass is 9.63. The van der Waals surface area contributed by atoms with Gasteiger partial charge in [-0.05, 0) is 71.0 Å². The third kappa shape index (κ3) is 6.50. The van der Waals surface area contributed by atoms with Crippen molar-refractivity contribution in [1.29, 1.82) is 0 Å². The summed E-state index contributed by atoms with van der Waals surface area (Å²) in [5.41, 5.74) is 6.24. The maximum atomic E-state index is 14.2. The zero-order valence-electron chi connectivity index (χ0n) is 27.2. The van der Waals surface area contributed by atoms with Crippen LogP contribution >= 0.6 is 23.2 Å². The molecule has 0 fully saturated rings.